The minimum atomic E-state index is -0.208. The summed E-state index contributed by atoms with van der Waals surface area (Å²) in [6, 6.07) is 3.11. The van der Waals surface area contributed by atoms with Crippen LogP contribution in [0.5, 0.6) is 0 Å². The van der Waals surface area contributed by atoms with Crippen LogP contribution in [0.15, 0.2) is 12.1 Å². The molecular formula is C9H9BrClF. The van der Waals surface area contributed by atoms with Crippen LogP contribution in [0, 0.1) is 12.7 Å². The predicted octanol–water partition coefficient (Wildman–Crippen LogP) is 4.24. The Kier molecular flexibility index (Phi) is 3.13. The van der Waals surface area contributed by atoms with Gasteiger partial charge in [0.05, 0.1) is 0 Å². The van der Waals surface area contributed by atoms with E-state index in [0.717, 1.165) is 5.56 Å². The summed E-state index contributed by atoms with van der Waals surface area (Å²) in [6.45, 7) is 3.61. The van der Waals surface area contributed by atoms with Crippen molar-refractivity contribution in [2.24, 2.45) is 0 Å². The fourth-order valence-electron chi connectivity index (χ4n) is 0.967. The molecule has 1 aromatic carbocycles. The second-order valence-corrected chi connectivity index (χ2v) is 4.52. The van der Waals surface area contributed by atoms with Gasteiger partial charge in [0.15, 0.2) is 0 Å². The Labute approximate surface area is 84.9 Å². The van der Waals surface area contributed by atoms with Crippen molar-refractivity contribution in [3.8, 4) is 0 Å². The normalized spacial score (nSPS) is 13.1. The van der Waals surface area contributed by atoms with Gasteiger partial charge < -0.3 is 0 Å². The van der Waals surface area contributed by atoms with E-state index in [-0.39, 0.29) is 10.6 Å². The average molecular weight is 252 g/mol. The molecule has 0 nitrogen and oxygen atoms in total. The number of rotatable bonds is 1. The van der Waals surface area contributed by atoms with Crippen molar-refractivity contribution >= 4 is 27.5 Å². The zero-order valence-electron chi connectivity index (χ0n) is 6.87. The highest BCUT2D eigenvalue weighted by molar-refractivity contribution is 9.09. The molecule has 0 spiro atoms. The van der Waals surface area contributed by atoms with Crippen LogP contribution in [-0.4, -0.2) is 0 Å². The Morgan fingerprint density at radius 1 is 1.50 bits per heavy atom. The fourth-order valence-corrected chi connectivity index (χ4v) is 1.86. The number of hydrogen-bond acceptors (Lipinski definition) is 0. The molecule has 12 heavy (non-hydrogen) atoms. The lowest BCUT2D eigenvalue weighted by molar-refractivity contribution is 0.616. The molecule has 0 saturated heterocycles. The highest BCUT2D eigenvalue weighted by Crippen LogP contribution is 2.30. The van der Waals surface area contributed by atoms with Crippen molar-refractivity contribution < 1.29 is 4.39 Å². The van der Waals surface area contributed by atoms with Gasteiger partial charge in [-0.25, -0.2) is 4.39 Å². The SMILES string of the molecule is Cc1cc(Cl)c(C(C)Br)cc1F. The second kappa shape index (κ2) is 3.75. The number of alkyl halides is 1. The van der Waals surface area contributed by atoms with E-state index in [1.807, 2.05) is 6.92 Å². The van der Waals surface area contributed by atoms with Gasteiger partial charge in [-0.1, -0.05) is 27.5 Å². The Balaban J connectivity index is 3.23. The maximum atomic E-state index is 13.0. The molecule has 3 heteroatoms. The van der Waals surface area contributed by atoms with Crippen LogP contribution < -0.4 is 0 Å². The van der Waals surface area contributed by atoms with Gasteiger partial charge in [-0.3, -0.25) is 0 Å². The number of benzene rings is 1. The third-order valence-electron chi connectivity index (χ3n) is 1.71. The minimum absolute atomic E-state index is 0.0834. The standard InChI is InChI=1S/C9H9BrClF/c1-5-3-8(11)7(6(2)10)4-9(5)12/h3-4,6H,1-2H3. The summed E-state index contributed by atoms with van der Waals surface area (Å²) in [5.41, 5.74) is 1.37. The van der Waals surface area contributed by atoms with E-state index < -0.39 is 0 Å². The number of halogens is 3. The van der Waals surface area contributed by atoms with Gasteiger partial charge in [0.1, 0.15) is 5.82 Å². The lowest BCUT2D eigenvalue weighted by Crippen LogP contribution is -1.90. The third kappa shape index (κ3) is 1.99. The summed E-state index contributed by atoms with van der Waals surface area (Å²) >= 11 is 9.24. The Bertz CT molecular complexity index is 297. The first kappa shape index (κ1) is 10.0. The van der Waals surface area contributed by atoms with Crippen molar-refractivity contribution in [2.75, 3.05) is 0 Å². The van der Waals surface area contributed by atoms with Crippen LogP contribution in [-0.2, 0) is 0 Å². The van der Waals surface area contributed by atoms with Gasteiger partial charge in [0, 0.05) is 9.85 Å². The maximum Gasteiger partial charge on any atom is 0.126 e. The Morgan fingerprint density at radius 3 is 2.58 bits per heavy atom. The number of aryl methyl sites for hydroxylation is 1. The van der Waals surface area contributed by atoms with E-state index in [1.54, 1.807) is 13.0 Å². The first-order chi connectivity index (χ1) is 5.52. The fraction of sp³-hybridized carbons (Fsp3) is 0.333. The summed E-state index contributed by atoms with van der Waals surface area (Å²) in [5.74, 6) is -0.208. The van der Waals surface area contributed by atoms with E-state index in [9.17, 15) is 4.39 Å². The lowest BCUT2D eigenvalue weighted by atomic mass is 10.1. The van der Waals surface area contributed by atoms with E-state index in [2.05, 4.69) is 15.9 Å². The summed E-state index contributed by atoms with van der Waals surface area (Å²) in [4.78, 5) is 0.0834. The number of hydrogen-bond donors (Lipinski definition) is 0. The van der Waals surface area contributed by atoms with Gasteiger partial charge in [0.25, 0.3) is 0 Å². The quantitative estimate of drug-likeness (QED) is 0.655. The Hall–Kier alpha value is -0.0800. The molecule has 0 amide bonds. The molecule has 0 aliphatic heterocycles. The highest BCUT2D eigenvalue weighted by atomic mass is 79.9. The van der Waals surface area contributed by atoms with Gasteiger partial charge in [-0.05, 0) is 37.1 Å². The van der Waals surface area contributed by atoms with Crippen LogP contribution in [0.3, 0.4) is 0 Å². The van der Waals surface area contributed by atoms with Crippen molar-refractivity contribution in [3.63, 3.8) is 0 Å². The van der Waals surface area contributed by atoms with Crippen molar-refractivity contribution in [3.05, 3.63) is 34.1 Å². The van der Waals surface area contributed by atoms with Gasteiger partial charge in [-0.15, -0.1) is 0 Å². The monoisotopic (exact) mass is 250 g/mol. The van der Waals surface area contributed by atoms with Gasteiger partial charge in [-0.2, -0.15) is 0 Å². The molecule has 0 heterocycles. The Morgan fingerprint density at radius 2 is 2.08 bits per heavy atom. The molecule has 0 aromatic heterocycles. The van der Waals surface area contributed by atoms with Gasteiger partial charge in [0.2, 0.25) is 0 Å². The largest absolute Gasteiger partial charge is 0.207 e. The van der Waals surface area contributed by atoms with E-state index >= 15 is 0 Å². The molecule has 0 aliphatic carbocycles. The van der Waals surface area contributed by atoms with E-state index in [1.165, 1.54) is 6.07 Å². The zero-order chi connectivity index (χ0) is 9.30. The molecule has 1 aromatic rings. The summed E-state index contributed by atoms with van der Waals surface area (Å²) in [6.07, 6.45) is 0. The van der Waals surface area contributed by atoms with Crippen LogP contribution in [0.25, 0.3) is 0 Å². The van der Waals surface area contributed by atoms with Crippen LogP contribution >= 0.6 is 27.5 Å². The molecule has 0 saturated carbocycles. The van der Waals surface area contributed by atoms with Crippen molar-refractivity contribution in [1.29, 1.82) is 0 Å². The molecular weight excluding hydrogens is 242 g/mol. The highest BCUT2D eigenvalue weighted by Gasteiger charge is 2.09. The van der Waals surface area contributed by atoms with Crippen LogP contribution in [0.1, 0.15) is 22.9 Å². The molecule has 0 bridgehead atoms. The third-order valence-corrected chi connectivity index (χ3v) is 2.53. The summed E-state index contributed by atoms with van der Waals surface area (Å²) in [5, 5.41) is 0.610. The molecule has 0 radical (unpaired) electrons. The van der Waals surface area contributed by atoms with Crippen molar-refractivity contribution in [1.82, 2.24) is 0 Å². The van der Waals surface area contributed by atoms with Crippen LogP contribution in [0.2, 0.25) is 5.02 Å². The van der Waals surface area contributed by atoms with E-state index in [4.69, 9.17) is 11.6 Å². The van der Waals surface area contributed by atoms with Gasteiger partial charge >= 0.3 is 0 Å². The molecule has 1 unspecified atom stereocenters. The molecule has 66 valence electrons. The smallest absolute Gasteiger partial charge is 0.126 e. The van der Waals surface area contributed by atoms with Crippen molar-refractivity contribution in [2.45, 2.75) is 18.7 Å². The summed E-state index contributed by atoms with van der Waals surface area (Å²) < 4.78 is 13.0. The van der Waals surface area contributed by atoms with Crippen LogP contribution in [0.4, 0.5) is 4.39 Å². The topological polar surface area (TPSA) is 0 Å². The first-order valence-corrected chi connectivity index (χ1v) is 4.91. The molecule has 0 N–H and O–H groups in total. The lowest BCUT2D eigenvalue weighted by Gasteiger charge is -2.07. The first-order valence-electron chi connectivity index (χ1n) is 3.62. The molecule has 1 rings (SSSR count). The minimum Gasteiger partial charge on any atom is -0.207 e. The molecule has 0 aliphatic rings. The predicted molar refractivity (Wildman–Crippen MR) is 53.5 cm³/mol. The molecule has 1 atom stereocenters. The van der Waals surface area contributed by atoms with E-state index in [0.29, 0.717) is 10.6 Å². The zero-order valence-corrected chi connectivity index (χ0v) is 9.21. The second-order valence-electron chi connectivity index (χ2n) is 2.74. The molecule has 0 fully saturated rings. The average Bonchev–Trinajstić information content (AvgIpc) is 1.96. The summed E-state index contributed by atoms with van der Waals surface area (Å²) in [7, 11) is 0. The maximum absolute atomic E-state index is 13.0.